The fraction of sp³-hybridized carbons (Fsp3) is 0.789. The summed E-state index contributed by atoms with van der Waals surface area (Å²) in [6.07, 6.45) is 84.9. The molecule has 6 heteroatoms. The maximum Gasteiger partial charge on any atom is 0.306 e. The zero-order chi connectivity index (χ0) is 55.7. The summed E-state index contributed by atoms with van der Waals surface area (Å²) in [7, 11) is 0. The summed E-state index contributed by atoms with van der Waals surface area (Å²) in [4.78, 5) is 38.4. The zero-order valence-electron chi connectivity index (χ0n) is 51.2. The molecule has 0 spiro atoms. The van der Waals surface area contributed by atoms with Crippen molar-refractivity contribution in [1.29, 1.82) is 0 Å². The van der Waals surface area contributed by atoms with Gasteiger partial charge in [0.1, 0.15) is 13.2 Å². The van der Waals surface area contributed by atoms with Crippen LogP contribution >= 0.6 is 0 Å². The van der Waals surface area contributed by atoms with Crippen LogP contribution in [0.15, 0.2) is 72.9 Å². The summed E-state index contributed by atoms with van der Waals surface area (Å²) in [5, 5.41) is 0. The van der Waals surface area contributed by atoms with Crippen molar-refractivity contribution in [1.82, 2.24) is 0 Å². The molecule has 0 aliphatic heterocycles. The van der Waals surface area contributed by atoms with E-state index in [2.05, 4.69) is 93.7 Å². The Balaban J connectivity index is 4.38. The van der Waals surface area contributed by atoms with Gasteiger partial charge < -0.3 is 14.2 Å². The molecule has 0 rings (SSSR count). The molecule has 0 bridgehead atoms. The van der Waals surface area contributed by atoms with E-state index in [9.17, 15) is 14.4 Å². The van der Waals surface area contributed by atoms with Crippen molar-refractivity contribution < 1.29 is 28.6 Å². The quantitative estimate of drug-likeness (QED) is 0.0261. The van der Waals surface area contributed by atoms with Crippen LogP contribution in [0.2, 0.25) is 0 Å². The molecule has 0 aliphatic carbocycles. The van der Waals surface area contributed by atoms with Crippen molar-refractivity contribution in [3.05, 3.63) is 72.9 Å². The largest absolute Gasteiger partial charge is 0.462 e. The Hall–Kier alpha value is -3.15. The first-order valence-electron chi connectivity index (χ1n) is 33.4. The topological polar surface area (TPSA) is 78.9 Å². The fourth-order valence-electron chi connectivity index (χ4n) is 9.74. The molecule has 0 saturated heterocycles. The maximum atomic E-state index is 12.9. The summed E-state index contributed by atoms with van der Waals surface area (Å²) in [5.41, 5.74) is 0. The molecule has 0 aromatic carbocycles. The Kier molecular flexibility index (Phi) is 62.7. The number of ether oxygens (including phenoxy) is 3. The van der Waals surface area contributed by atoms with Gasteiger partial charge in [-0.1, -0.05) is 325 Å². The zero-order valence-corrected chi connectivity index (χ0v) is 51.2. The molecule has 0 heterocycles. The molecule has 1 unspecified atom stereocenters. The third-order valence-corrected chi connectivity index (χ3v) is 14.7. The van der Waals surface area contributed by atoms with E-state index < -0.39 is 6.10 Å². The van der Waals surface area contributed by atoms with Crippen LogP contribution in [0.5, 0.6) is 0 Å². The van der Waals surface area contributed by atoms with Gasteiger partial charge in [0, 0.05) is 19.3 Å². The molecule has 0 fully saturated rings. The Morgan fingerprint density at radius 3 is 0.792 bits per heavy atom. The monoisotopic (exact) mass is 1070 g/mol. The molecule has 6 nitrogen and oxygen atoms in total. The summed E-state index contributed by atoms with van der Waals surface area (Å²) in [6, 6.07) is 0. The molecule has 0 N–H and O–H groups in total. The van der Waals surface area contributed by atoms with Gasteiger partial charge in [-0.3, -0.25) is 14.4 Å². The number of esters is 3. The second kappa shape index (κ2) is 65.4. The Morgan fingerprint density at radius 1 is 0.273 bits per heavy atom. The molecule has 446 valence electrons. The summed E-state index contributed by atoms with van der Waals surface area (Å²) >= 11 is 0. The Morgan fingerprint density at radius 2 is 0.506 bits per heavy atom. The highest BCUT2D eigenvalue weighted by Gasteiger charge is 2.19. The van der Waals surface area contributed by atoms with Gasteiger partial charge >= 0.3 is 17.9 Å². The van der Waals surface area contributed by atoms with Crippen LogP contribution in [0, 0.1) is 0 Å². The van der Waals surface area contributed by atoms with Gasteiger partial charge in [0.05, 0.1) is 0 Å². The molecular formula is C71H126O6. The van der Waals surface area contributed by atoms with Gasteiger partial charge in [-0.25, -0.2) is 0 Å². The minimum atomic E-state index is -0.797. The van der Waals surface area contributed by atoms with Crippen molar-refractivity contribution in [2.45, 2.75) is 348 Å². The highest BCUT2D eigenvalue weighted by molar-refractivity contribution is 5.71. The van der Waals surface area contributed by atoms with Gasteiger partial charge in [-0.15, -0.1) is 0 Å². The first-order chi connectivity index (χ1) is 38.0. The molecule has 0 aliphatic rings. The van der Waals surface area contributed by atoms with Gasteiger partial charge in [0.15, 0.2) is 6.10 Å². The van der Waals surface area contributed by atoms with Gasteiger partial charge in [-0.2, -0.15) is 0 Å². The van der Waals surface area contributed by atoms with E-state index in [1.165, 1.54) is 205 Å². The van der Waals surface area contributed by atoms with E-state index in [1.54, 1.807) is 0 Å². The molecule has 0 saturated carbocycles. The Bertz CT molecular complexity index is 1420. The van der Waals surface area contributed by atoms with Crippen molar-refractivity contribution in [3.8, 4) is 0 Å². The average Bonchev–Trinajstić information content (AvgIpc) is 3.43. The van der Waals surface area contributed by atoms with Crippen LogP contribution in [-0.2, 0) is 28.6 Å². The van der Waals surface area contributed by atoms with Crippen molar-refractivity contribution >= 4 is 17.9 Å². The normalized spacial score (nSPS) is 12.5. The first kappa shape index (κ1) is 73.8. The van der Waals surface area contributed by atoms with E-state index in [-0.39, 0.29) is 37.5 Å². The summed E-state index contributed by atoms with van der Waals surface area (Å²) < 4.78 is 16.9. The molecule has 1 atom stereocenters. The van der Waals surface area contributed by atoms with E-state index >= 15 is 0 Å². The van der Waals surface area contributed by atoms with Gasteiger partial charge in [-0.05, 0) is 70.6 Å². The standard InChI is InChI=1S/C71H126O6/c1-4-7-10-13-16-19-22-25-28-30-32-34-35-37-38-40-43-46-49-52-55-58-61-64-70(73)76-67-68(66-75-69(72)63-60-57-54-51-48-45-42-27-24-21-18-15-12-9-6-3)77-71(74)65-62-59-56-53-50-47-44-41-39-36-33-31-29-26-23-20-17-14-11-8-5-2/h8,11,17,20,26,29,33,36,41,44,50,53,68H,4-7,9-10,12-16,18-19,21-25,27-28,30-32,34-35,37-40,42-43,45-49,51-52,54-67H2,1-3H3/b11-8-,20-17-,29-26-,36-33-,44-41-,53-50-. The number of allylic oxidation sites excluding steroid dienone is 12. The lowest BCUT2D eigenvalue weighted by Crippen LogP contribution is -2.30. The number of unbranched alkanes of at least 4 members (excludes halogenated alkanes) is 38. The number of rotatable bonds is 61. The van der Waals surface area contributed by atoms with E-state index in [0.717, 1.165) is 89.9 Å². The SMILES string of the molecule is CC/C=C\C/C=C\C/C=C\C/C=C\C/C=C\C/C=C\CCCCC(=O)OC(COC(=O)CCCCCCCCCCCCCCCCC)COC(=O)CCCCCCCCCCCCCCCCCCCCCCCCC. The number of hydrogen-bond acceptors (Lipinski definition) is 6. The van der Waals surface area contributed by atoms with E-state index in [0.29, 0.717) is 19.3 Å². The number of carbonyl (C=O) groups excluding carboxylic acids is 3. The molecule has 0 aromatic rings. The van der Waals surface area contributed by atoms with Gasteiger partial charge in [0.2, 0.25) is 0 Å². The van der Waals surface area contributed by atoms with Crippen LogP contribution in [0.4, 0.5) is 0 Å². The number of carbonyl (C=O) groups is 3. The van der Waals surface area contributed by atoms with Gasteiger partial charge in [0.25, 0.3) is 0 Å². The fourth-order valence-corrected chi connectivity index (χ4v) is 9.74. The van der Waals surface area contributed by atoms with Crippen molar-refractivity contribution in [2.75, 3.05) is 13.2 Å². The second-order valence-corrected chi connectivity index (χ2v) is 22.4. The van der Waals surface area contributed by atoms with Crippen LogP contribution in [-0.4, -0.2) is 37.2 Å². The highest BCUT2D eigenvalue weighted by atomic mass is 16.6. The van der Waals surface area contributed by atoms with Crippen LogP contribution in [0.1, 0.15) is 342 Å². The minimum absolute atomic E-state index is 0.0886. The summed E-state index contributed by atoms with van der Waals surface area (Å²) in [6.45, 7) is 6.55. The second-order valence-electron chi connectivity index (χ2n) is 22.4. The third-order valence-electron chi connectivity index (χ3n) is 14.7. The lowest BCUT2D eigenvalue weighted by atomic mass is 10.0. The average molecular weight is 1080 g/mol. The molecule has 77 heavy (non-hydrogen) atoms. The van der Waals surface area contributed by atoms with E-state index in [1.807, 2.05) is 0 Å². The first-order valence-corrected chi connectivity index (χ1v) is 33.4. The maximum absolute atomic E-state index is 12.9. The van der Waals surface area contributed by atoms with E-state index in [4.69, 9.17) is 14.2 Å². The predicted octanol–water partition coefficient (Wildman–Crippen LogP) is 22.9. The minimum Gasteiger partial charge on any atom is -0.462 e. The van der Waals surface area contributed by atoms with Crippen molar-refractivity contribution in [3.63, 3.8) is 0 Å². The Labute approximate surface area is 478 Å². The molecule has 0 aromatic heterocycles. The highest BCUT2D eigenvalue weighted by Crippen LogP contribution is 2.18. The number of hydrogen-bond donors (Lipinski definition) is 0. The predicted molar refractivity (Wildman–Crippen MR) is 335 cm³/mol. The molecule has 0 amide bonds. The molecule has 0 radical (unpaired) electrons. The molecular weight excluding hydrogens is 949 g/mol. The smallest absolute Gasteiger partial charge is 0.306 e. The summed E-state index contributed by atoms with van der Waals surface area (Å²) in [5.74, 6) is -0.911. The lowest BCUT2D eigenvalue weighted by molar-refractivity contribution is -0.167. The third kappa shape index (κ3) is 63.6. The van der Waals surface area contributed by atoms with Crippen molar-refractivity contribution in [2.24, 2.45) is 0 Å². The van der Waals surface area contributed by atoms with Crippen LogP contribution in [0.3, 0.4) is 0 Å². The lowest BCUT2D eigenvalue weighted by Gasteiger charge is -2.18. The van der Waals surface area contributed by atoms with Crippen LogP contribution < -0.4 is 0 Å². The van der Waals surface area contributed by atoms with Crippen LogP contribution in [0.25, 0.3) is 0 Å².